The van der Waals surface area contributed by atoms with E-state index in [2.05, 4.69) is 25.4 Å². The molecule has 2 aromatic rings. The maximum absolute atomic E-state index is 12.5. The van der Waals surface area contributed by atoms with Gasteiger partial charge in [-0.3, -0.25) is 4.79 Å². The van der Waals surface area contributed by atoms with E-state index in [-0.39, 0.29) is 11.8 Å². The second-order valence-electron chi connectivity index (χ2n) is 7.11. The molecule has 2 aliphatic rings. The monoisotopic (exact) mass is 373 g/mol. The number of amides is 1. The van der Waals surface area contributed by atoms with Crippen LogP contribution in [0.1, 0.15) is 37.9 Å². The first-order valence-corrected chi connectivity index (χ1v) is 9.84. The smallest absolute Gasteiger partial charge is 0.227 e. The van der Waals surface area contributed by atoms with Gasteiger partial charge in [0.2, 0.25) is 5.91 Å². The van der Waals surface area contributed by atoms with Crippen molar-refractivity contribution in [2.24, 2.45) is 5.92 Å². The zero-order valence-corrected chi connectivity index (χ0v) is 15.6. The zero-order valence-electron chi connectivity index (χ0n) is 14.8. The number of carbonyl (C=O) groups is 1. The van der Waals surface area contributed by atoms with Crippen LogP contribution in [0, 0.1) is 5.92 Å². The molecular weight excluding hydrogens is 350 g/mol. The van der Waals surface area contributed by atoms with Gasteiger partial charge in [0.05, 0.1) is 5.02 Å². The molecule has 138 valence electrons. The van der Waals surface area contributed by atoms with Crippen LogP contribution in [0.3, 0.4) is 0 Å². The van der Waals surface area contributed by atoms with Crippen molar-refractivity contribution in [1.82, 2.24) is 20.1 Å². The highest BCUT2D eigenvalue weighted by atomic mass is 35.5. The minimum atomic E-state index is 0.0692. The van der Waals surface area contributed by atoms with E-state index in [9.17, 15) is 4.79 Å². The van der Waals surface area contributed by atoms with Gasteiger partial charge in [-0.05, 0) is 57.0 Å². The molecule has 0 saturated carbocycles. The van der Waals surface area contributed by atoms with Crippen LogP contribution in [0.4, 0.5) is 5.69 Å². The van der Waals surface area contributed by atoms with E-state index in [1.807, 2.05) is 18.2 Å². The van der Waals surface area contributed by atoms with Gasteiger partial charge in [0.15, 0.2) is 5.82 Å². The van der Waals surface area contributed by atoms with Crippen LogP contribution >= 0.6 is 11.6 Å². The van der Waals surface area contributed by atoms with Gasteiger partial charge in [0, 0.05) is 30.1 Å². The van der Waals surface area contributed by atoms with Crippen molar-refractivity contribution in [2.75, 3.05) is 18.4 Å². The molecule has 26 heavy (non-hydrogen) atoms. The van der Waals surface area contributed by atoms with E-state index in [0.717, 1.165) is 74.6 Å². The number of halogens is 1. The minimum absolute atomic E-state index is 0.0692. The van der Waals surface area contributed by atoms with E-state index in [1.54, 1.807) is 0 Å². The lowest BCUT2D eigenvalue weighted by Gasteiger charge is -2.22. The number of nitrogens with one attached hydrogen (secondary N) is 2. The summed E-state index contributed by atoms with van der Waals surface area (Å²) in [5, 5.41) is 15.7. The van der Waals surface area contributed by atoms with Crippen LogP contribution in [-0.4, -0.2) is 33.8 Å². The highest BCUT2D eigenvalue weighted by molar-refractivity contribution is 6.33. The molecule has 0 aliphatic carbocycles. The number of nitrogens with zero attached hydrogens (tertiary/aromatic N) is 3. The molecule has 0 atom stereocenters. The summed E-state index contributed by atoms with van der Waals surface area (Å²) in [6.45, 7) is 2.71. The van der Waals surface area contributed by atoms with Gasteiger partial charge < -0.3 is 15.2 Å². The number of fused-ring (bicyclic) bond motifs is 1. The Kier molecular flexibility index (Phi) is 5.22. The van der Waals surface area contributed by atoms with Crippen molar-refractivity contribution in [3.63, 3.8) is 0 Å². The molecule has 7 heteroatoms. The van der Waals surface area contributed by atoms with Gasteiger partial charge >= 0.3 is 0 Å². The molecule has 6 nitrogen and oxygen atoms in total. The number of anilines is 1. The number of carbonyl (C=O) groups excluding carboxylic acids is 1. The molecule has 3 heterocycles. The number of aromatic nitrogens is 3. The lowest BCUT2D eigenvalue weighted by molar-refractivity contribution is -0.120. The Labute approximate surface area is 158 Å². The van der Waals surface area contributed by atoms with Crippen molar-refractivity contribution in [3.8, 4) is 11.4 Å². The number of hydrogen-bond donors (Lipinski definition) is 2. The predicted molar refractivity (Wildman–Crippen MR) is 102 cm³/mol. The van der Waals surface area contributed by atoms with Crippen LogP contribution in [0.25, 0.3) is 11.4 Å². The van der Waals surface area contributed by atoms with E-state index in [1.165, 1.54) is 6.42 Å². The van der Waals surface area contributed by atoms with Crippen LogP contribution in [-0.2, 0) is 17.8 Å². The summed E-state index contributed by atoms with van der Waals surface area (Å²) in [6, 6.07) is 5.60. The van der Waals surface area contributed by atoms with E-state index in [4.69, 9.17) is 11.6 Å². The number of aryl methyl sites for hydroxylation is 1. The van der Waals surface area contributed by atoms with Gasteiger partial charge in [-0.25, -0.2) is 0 Å². The molecule has 0 unspecified atom stereocenters. The Morgan fingerprint density at radius 3 is 2.88 bits per heavy atom. The Balaban J connectivity index is 1.59. The van der Waals surface area contributed by atoms with Crippen molar-refractivity contribution in [3.05, 3.63) is 29.0 Å². The Morgan fingerprint density at radius 1 is 1.19 bits per heavy atom. The number of piperidine rings is 1. The fourth-order valence-corrected chi connectivity index (χ4v) is 3.99. The van der Waals surface area contributed by atoms with E-state index in [0.29, 0.717) is 5.02 Å². The normalized spacial score (nSPS) is 18.2. The third kappa shape index (κ3) is 3.62. The summed E-state index contributed by atoms with van der Waals surface area (Å²) >= 11 is 6.45. The van der Waals surface area contributed by atoms with Crippen LogP contribution < -0.4 is 10.6 Å². The molecule has 1 amide bonds. The van der Waals surface area contributed by atoms with E-state index < -0.39 is 0 Å². The summed E-state index contributed by atoms with van der Waals surface area (Å²) in [5.74, 6) is 1.97. The van der Waals surface area contributed by atoms with Crippen LogP contribution in [0.15, 0.2) is 18.2 Å². The van der Waals surface area contributed by atoms with Crippen LogP contribution in [0.5, 0.6) is 0 Å². The summed E-state index contributed by atoms with van der Waals surface area (Å²) in [4.78, 5) is 12.5. The molecule has 1 fully saturated rings. The van der Waals surface area contributed by atoms with Crippen molar-refractivity contribution in [2.45, 2.75) is 45.1 Å². The molecule has 0 spiro atoms. The molecule has 1 aromatic carbocycles. The fourth-order valence-electron chi connectivity index (χ4n) is 3.79. The average Bonchev–Trinajstić information content (AvgIpc) is 2.92. The van der Waals surface area contributed by atoms with Gasteiger partial charge in [-0.1, -0.05) is 18.0 Å². The molecule has 2 N–H and O–H groups in total. The lowest BCUT2D eigenvalue weighted by Crippen LogP contribution is -2.34. The average molecular weight is 374 g/mol. The molecule has 0 radical (unpaired) electrons. The fraction of sp³-hybridized carbons (Fsp3) is 0.526. The summed E-state index contributed by atoms with van der Waals surface area (Å²) in [6.07, 6.45) is 6.20. The summed E-state index contributed by atoms with van der Waals surface area (Å²) in [5.41, 5.74) is 1.59. The van der Waals surface area contributed by atoms with Gasteiger partial charge in [0.1, 0.15) is 5.82 Å². The van der Waals surface area contributed by atoms with Gasteiger partial charge in [-0.15, -0.1) is 10.2 Å². The highest BCUT2D eigenvalue weighted by Crippen LogP contribution is 2.31. The standard InChI is InChI=1S/C19H24ClN5O/c20-16-6-5-14(22-19(26)13-7-9-21-10-8-13)12-15(16)18-24-23-17-4-2-1-3-11-25(17)18/h5-6,12-13,21H,1-4,7-11H2,(H,22,26). The largest absolute Gasteiger partial charge is 0.326 e. The van der Waals surface area contributed by atoms with Crippen molar-refractivity contribution >= 4 is 23.2 Å². The first-order chi connectivity index (χ1) is 12.7. The van der Waals surface area contributed by atoms with Gasteiger partial charge in [-0.2, -0.15) is 0 Å². The number of benzene rings is 1. The van der Waals surface area contributed by atoms with E-state index >= 15 is 0 Å². The molecular formula is C19H24ClN5O. The lowest BCUT2D eigenvalue weighted by atomic mass is 9.97. The SMILES string of the molecule is O=C(Nc1ccc(Cl)c(-c2nnc3n2CCCCC3)c1)C1CCNCC1. The second-order valence-corrected chi connectivity index (χ2v) is 7.52. The van der Waals surface area contributed by atoms with Crippen molar-refractivity contribution in [1.29, 1.82) is 0 Å². The second kappa shape index (κ2) is 7.76. The number of hydrogen-bond acceptors (Lipinski definition) is 4. The summed E-state index contributed by atoms with van der Waals surface area (Å²) in [7, 11) is 0. The topological polar surface area (TPSA) is 71.8 Å². The third-order valence-corrected chi connectivity index (χ3v) is 5.62. The quantitative estimate of drug-likeness (QED) is 0.866. The van der Waals surface area contributed by atoms with Crippen LogP contribution in [0.2, 0.25) is 5.02 Å². The molecule has 4 rings (SSSR count). The van der Waals surface area contributed by atoms with Gasteiger partial charge in [0.25, 0.3) is 0 Å². The Hall–Kier alpha value is -1.92. The highest BCUT2D eigenvalue weighted by Gasteiger charge is 2.22. The maximum atomic E-state index is 12.5. The number of rotatable bonds is 3. The molecule has 1 aromatic heterocycles. The Morgan fingerprint density at radius 2 is 2.04 bits per heavy atom. The third-order valence-electron chi connectivity index (χ3n) is 5.29. The molecule has 2 aliphatic heterocycles. The van der Waals surface area contributed by atoms with Crippen molar-refractivity contribution < 1.29 is 4.79 Å². The zero-order chi connectivity index (χ0) is 17.9. The minimum Gasteiger partial charge on any atom is -0.326 e. The Bertz CT molecular complexity index is 797. The molecule has 0 bridgehead atoms. The first kappa shape index (κ1) is 17.5. The first-order valence-electron chi connectivity index (χ1n) is 9.46. The predicted octanol–water partition coefficient (Wildman–Crippen LogP) is 3.26. The summed E-state index contributed by atoms with van der Waals surface area (Å²) < 4.78 is 2.17. The molecule has 1 saturated heterocycles. The maximum Gasteiger partial charge on any atom is 0.227 e.